The van der Waals surface area contributed by atoms with E-state index in [1.807, 2.05) is 0 Å². The predicted molar refractivity (Wildman–Crippen MR) is 107 cm³/mol. The number of allylic oxidation sites excluding steroid dienone is 2. The van der Waals surface area contributed by atoms with Gasteiger partial charge in [0.05, 0.1) is 0 Å². The zero-order valence-electron chi connectivity index (χ0n) is 13.7. The lowest BCUT2D eigenvalue weighted by Crippen LogP contribution is -2.14. The van der Waals surface area contributed by atoms with Crippen molar-refractivity contribution in [1.82, 2.24) is 0 Å². The van der Waals surface area contributed by atoms with E-state index in [1.165, 1.54) is 33.5 Å². The maximum absolute atomic E-state index is 2.42. The molecule has 0 heterocycles. The molecule has 3 aromatic rings. The molecule has 0 nitrogen and oxygen atoms in total. The average molecular weight is 328 g/mol. The van der Waals surface area contributed by atoms with Crippen LogP contribution in [0.4, 0.5) is 0 Å². The van der Waals surface area contributed by atoms with Crippen molar-refractivity contribution in [3.63, 3.8) is 0 Å². The van der Waals surface area contributed by atoms with Crippen LogP contribution in [0.1, 0.15) is 17.5 Å². The molecule has 0 fully saturated rings. The van der Waals surface area contributed by atoms with Crippen molar-refractivity contribution in [2.45, 2.75) is 12.8 Å². The first-order chi connectivity index (χ1) is 11.9. The molecule has 0 saturated heterocycles. The van der Waals surface area contributed by atoms with Gasteiger partial charge in [0.2, 0.25) is 0 Å². The van der Waals surface area contributed by atoms with Crippen molar-refractivity contribution in [2.75, 3.05) is 6.16 Å². The molecule has 1 aliphatic carbocycles. The maximum Gasteiger partial charge on any atom is -0.00854 e. The Hall–Kier alpha value is -2.17. The van der Waals surface area contributed by atoms with Crippen LogP contribution in [0, 0.1) is 0 Å². The molecule has 0 spiro atoms. The van der Waals surface area contributed by atoms with Crippen LogP contribution in [0.5, 0.6) is 0 Å². The Morgan fingerprint density at radius 1 is 0.667 bits per heavy atom. The molecule has 24 heavy (non-hydrogen) atoms. The molecule has 0 aromatic heterocycles. The van der Waals surface area contributed by atoms with E-state index in [0.29, 0.717) is 0 Å². The molecular weight excluding hydrogens is 307 g/mol. The molecule has 0 aliphatic heterocycles. The second-order valence-electron chi connectivity index (χ2n) is 6.16. The smallest absolute Gasteiger partial charge is 0.00854 e. The van der Waals surface area contributed by atoms with E-state index in [9.17, 15) is 0 Å². The summed E-state index contributed by atoms with van der Waals surface area (Å²) < 4.78 is 0. The van der Waals surface area contributed by atoms with E-state index >= 15 is 0 Å². The lowest BCUT2D eigenvalue weighted by molar-refractivity contribution is 1.26. The van der Waals surface area contributed by atoms with Crippen molar-refractivity contribution in [3.8, 4) is 0 Å². The lowest BCUT2D eigenvalue weighted by Gasteiger charge is -2.19. The van der Waals surface area contributed by atoms with Gasteiger partial charge in [-0.15, -0.1) is 0 Å². The number of rotatable bonds is 5. The topological polar surface area (TPSA) is 0 Å². The summed E-state index contributed by atoms with van der Waals surface area (Å²) in [5.74, 6) is 0. The zero-order chi connectivity index (χ0) is 16.2. The van der Waals surface area contributed by atoms with Gasteiger partial charge in [0.25, 0.3) is 0 Å². The Morgan fingerprint density at radius 2 is 1.25 bits per heavy atom. The summed E-state index contributed by atoms with van der Waals surface area (Å²) in [6.45, 7) is 0. The minimum atomic E-state index is -0.297. The SMILES string of the molecule is C1=C(CCP(c2ccccc2)c2ccccc2)c2ccccc2C1. The van der Waals surface area contributed by atoms with E-state index in [4.69, 9.17) is 0 Å². The Morgan fingerprint density at radius 3 is 1.92 bits per heavy atom. The summed E-state index contributed by atoms with van der Waals surface area (Å²) in [5, 5.41) is 2.95. The molecule has 0 atom stereocenters. The standard InChI is InChI=1S/C23H21P/c1-3-10-21(11-4-1)24(22-12-5-2-6-13-22)18-17-20-16-15-19-9-7-8-14-23(19)20/h1-14,16H,15,17-18H2. The largest absolute Gasteiger partial charge is 0.0763 e. The van der Waals surface area contributed by atoms with Crippen molar-refractivity contribution in [3.05, 3.63) is 102 Å². The summed E-state index contributed by atoms with van der Waals surface area (Å²) in [6, 6.07) is 30.9. The van der Waals surface area contributed by atoms with Crippen LogP contribution in [0.3, 0.4) is 0 Å². The Kier molecular flexibility index (Phi) is 4.58. The van der Waals surface area contributed by atoms with Gasteiger partial charge in [-0.1, -0.05) is 91.0 Å². The van der Waals surface area contributed by atoms with Crippen LogP contribution in [0.25, 0.3) is 5.57 Å². The fourth-order valence-electron chi connectivity index (χ4n) is 3.45. The third kappa shape index (κ3) is 3.21. The summed E-state index contributed by atoms with van der Waals surface area (Å²) in [6.07, 6.45) is 5.89. The third-order valence-corrected chi connectivity index (χ3v) is 7.19. The highest BCUT2D eigenvalue weighted by Gasteiger charge is 2.17. The Bertz CT molecular complexity index is 795. The minimum Gasteiger partial charge on any atom is -0.0763 e. The van der Waals surface area contributed by atoms with Crippen molar-refractivity contribution in [1.29, 1.82) is 0 Å². The van der Waals surface area contributed by atoms with Crippen LogP contribution in [-0.2, 0) is 6.42 Å². The Labute approximate surface area is 145 Å². The highest BCUT2D eigenvalue weighted by atomic mass is 31.1. The van der Waals surface area contributed by atoms with Crippen molar-refractivity contribution < 1.29 is 0 Å². The molecule has 0 bridgehead atoms. The summed E-state index contributed by atoms with van der Waals surface area (Å²) in [5.41, 5.74) is 4.48. The highest BCUT2D eigenvalue weighted by molar-refractivity contribution is 7.73. The average Bonchev–Trinajstić information content (AvgIpc) is 3.07. The van der Waals surface area contributed by atoms with Gasteiger partial charge in [-0.25, -0.2) is 0 Å². The molecule has 0 radical (unpaired) electrons. The first-order valence-electron chi connectivity index (χ1n) is 8.57. The first kappa shape index (κ1) is 15.4. The molecule has 0 N–H and O–H groups in total. The van der Waals surface area contributed by atoms with Crippen LogP contribution in [0.2, 0.25) is 0 Å². The molecule has 0 unspecified atom stereocenters. The molecule has 0 amide bonds. The van der Waals surface area contributed by atoms with Gasteiger partial charge in [-0.05, 0) is 54.2 Å². The molecule has 118 valence electrons. The molecular formula is C23H21P. The predicted octanol–water partition coefficient (Wildman–Crippen LogP) is 5.15. The molecule has 1 aliphatic rings. The molecule has 3 aromatic carbocycles. The summed E-state index contributed by atoms with van der Waals surface area (Å²) in [4.78, 5) is 0. The van der Waals surface area contributed by atoms with E-state index in [2.05, 4.69) is 91.0 Å². The fraction of sp³-hybridized carbons (Fsp3) is 0.130. The number of fused-ring (bicyclic) bond motifs is 1. The third-order valence-electron chi connectivity index (χ3n) is 4.67. The van der Waals surface area contributed by atoms with Gasteiger partial charge in [0, 0.05) is 0 Å². The van der Waals surface area contributed by atoms with Crippen LogP contribution in [0.15, 0.2) is 91.0 Å². The normalized spacial score (nSPS) is 13.0. The highest BCUT2D eigenvalue weighted by Crippen LogP contribution is 2.38. The van der Waals surface area contributed by atoms with Gasteiger partial charge in [0.15, 0.2) is 0 Å². The number of hydrogen-bond acceptors (Lipinski definition) is 0. The molecule has 0 saturated carbocycles. The van der Waals surface area contributed by atoms with E-state index < -0.39 is 0 Å². The van der Waals surface area contributed by atoms with Gasteiger partial charge >= 0.3 is 0 Å². The van der Waals surface area contributed by atoms with Gasteiger partial charge in [-0.2, -0.15) is 0 Å². The second-order valence-corrected chi connectivity index (χ2v) is 8.50. The van der Waals surface area contributed by atoms with Crippen LogP contribution < -0.4 is 10.6 Å². The first-order valence-corrected chi connectivity index (χ1v) is 10.1. The quantitative estimate of drug-likeness (QED) is 0.568. The van der Waals surface area contributed by atoms with Crippen LogP contribution in [-0.4, -0.2) is 6.16 Å². The lowest BCUT2D eigenvalue weighted by atomic mass is 10.0. The fourth-order valence-corrected chi connectivity index (χ4v) is 5.79. The summed E-state index contributed by atoms with van der Waals surface area (Å²) in [7, 11) is -0.297. The van der Waals surface area contributed by atoms with E-state index in [-0.39, 0.29) is 7.92 Å². The number of hydrogen-bond donors (Lipinski definition) is 0. The van der Waals surface area contributed by atoms with E-state index in [0.717, 1.165) is 12.8 Å². The number of benzene rings is 3. The van der Waals surface area contributed by atoms with Gasteiger partial charge in [-0.3, -0.25) is 0 Å². The zero-order valence-corrected chi connectivity index (χ0v) is 14.6. The molecule has 1 heteroatoms. The molecule has 4 rings (SSSR count). The van der Waals surface area contributed by atoms with Gasteiger partial charge < -0.3 is 0 Å². The maximum atomic E-state index is 2.42. The van der Waals surface area contributed by atoms with Crippen molar-refractivity contribution >= 4 is 24.1 Å². The monoisotopic (exact) mass is 328 g/mol. The van der Waals surface area contributed by atoms with Crippen molar-refractivity contribution in [2.24, 2.45) is 0 Å². The van der Waals surface area contributed by atoms with Crippen LogP contribution >= 0.6 is 7.92 Å². The summed E-state index contributed by atoms with van der Waals surface area (Å²) >= 11 is 0. The Balaban J connectivity index is 1.58. The van der Waals surface area contributed by atoms with Gasteiger partial charge in [0.1, 0.15) is 0 Å². The van der Waals surface area contributed by atoms with E-state index in [1.54, 1.807) is 0 Å². The second kappa shape index (κ2) is 7.16. The minimum absolute atomic E-state index is 0.297.